The number of amides is 1. The van der Waals surface area contributed by atoms with Crippen LogP contribution in [0.4, 0.5) is 11.8 Å². The summed E-state index contributed by atoms with van der Waals surface area (Å²) in [7, 11) is 0. The van der Waals surface area contributed by atoms with Gasteiger partial charge in [-0.15, -0.1) is 0 Å². The Hall–Kier alpha value is -1.89. The van der Waals surface area contributed by atoms with Crippen LogP contribution in [0, 0.1) is 0 Å². The second-order valence-electron chi connectivity index (χ2n) is 5.10. The molecule has 0 spiro atoms. The first-order chi connectivity index (χ1) is 8.97. The van der Waals surface area contributed by atoms with Gasteiger partial charge in [-0.3, -0.25) is 4.79 Å². The Bertz CT molecular complexity index is 463. The van der Waals surface area contributed by atoms with E-state index in [2.05, 4.69) is 15.3 Å². The van der Waals surface area contributed by atoms with Gasteiger partial charge in [0.25, 0.3) is 0 Å². The van der Waals surface area contributed by atoms with Gasteiger partial charge in [0, 0.05) is 24.8 Å². The molecule has 1 aromatic rings. The zero-order valence-electron chi connectivity index (χ0n) is 11.2. The van der Waals surface area contributed by atoms with Gasteiger partial charge >= 0.3 is 0 Å². The van der Waals surface area contributed by atoms with E-state index in [1.165, 1.54) is 0 Å². The van der Waals surface area contributed by atoms with E-state index >= 15 is 0 Å². The number of nitrogens with zero attached hydrogens (tertiary/aromatic N) is 3. The summed E-state index contributed by atoms with van der Waals surface area (Å²) < 4.78 is 0. The van der Waals surface area contributed by atoms with Crippen molar-refractivity contribution in [1.29, 1.82) is 0 Å². The zero-order chi connectivity index (χ0) is 14.0. The van der Waals surface area contributed by atoms with Crippen LogP contribution >= 0.6 is 0 Å². The second kappa shape index (κ2) is 5.40. The second-order valence-corrected chi connectivity index (χ2v) is 5.10. The summed E-state index contributed by atoms with van der Waals surface area (Å²) in [4.78, 5) is 22.1. The van der Waals surface area contributed by atoms with E-state index in [4.69, 9.17) is 11.5 Å². The van der Waals surface area contributed by atoms with E-state index in [1.807, 2.05) is 18.7 Å². The fourth-order valence-corrected chi connectivity index (χ4v) is 2.27. The van der Waals surface area contributed by atoms with Crippen molar-refractivity contribution in [1.82, 2.24) is 15.3 Å². The van der Waals surface area contributed by atoms with Crippen LogP contribution in [-0.2, 0) is 4.79 Å². The van der Waals surface area contributed by atoms with Crippen molar-refractivity contribution in [2.75, 3.05) is 17.2 Å². The third-order valence-electron chi connectivity index (χ3n) is 3.02. The summed E-state index contributed by atoms with van der Waals surface area (Å²) in [6.45, 7) is 4.45. The predicted octanol–water partition coefficient (Wildman–Crippen LogP) is -0.511. The minimum absolute atomic E-state index is 0.0277. The standard InChI is InChI=1S/C12H20N6O/c1-7(2)16-11(19)9-5-8(13)6-18(9)10-3-4-15-12(14)17-10/h3-4,7-9H,5-6,13H2,1-2H3,(H,16,19)(H2,14,15,17)/t8-,9+/m1/s1. The molecule has 2 heterocycles. The number of nitrogens with one attached hydrogen (secondary N) is 1. The summed E-state index contributed by atoms with van der Waals surface area (Å²) in [6, 6.07) is 1.50. The zero-order valence-corrected chi connectivity index (χ0v) is 11.2. The number of aromatic nitrogens is 2. The Morgan fingerprint density at radius 3 is 2.95 bits per heavy atom. The first-order valence-electron chi connectivity index (χ1n) is 6.38. The highest BCUT2D eigenvalue weighted by molar-refractivity contribution is 5.86. The number of rotatable bonds is 3. The Morgan fingerprint density at radius 2 is 2.32 bits per heavy atom. The molecule has 2 atom stereocenters. The maximum Gasteiger partial charge on any atom is 0.243 e. The average molecular weight is 264 g/mol. The molecule has 0 bridgehead atoms. The van der Waals surface area contributed by atoms with E-state index in [-0.39, 0.29) is 30.0 Å². The van der Waals surface area contributed by atoms with Crippen LogP contribution in [0.1, 0.15) is 20.3 Å². The van der Waals surface area contributed by atoms with Gasteiger partial charge in [0.15, 0.2) is 0 Å². The first-order valence-corrected chi connectivity index (χ1v) is 6.38. The van der Waals surface area contributed by atoms with Crippen molar-refractivity contribution >= 4 is 17.7 Å². The minimum Gasteiger partial charge on any atom is -0.368 e. The maximum atomic E-state index is 12.2. The van der Waals surface area contributed by atoms with Crippen LogP contribution < -0.4 is 21.7 Å². The minimum atomic E-state index is -0.299. The summed E-state index contributed by atoms with van der Waals surface area (Å²) >= 11 is 0. The maximum absolute atomic E-state index is 12.2. The summed E-state index contributed by atoms with van der Waals surface area (Å²) in [5.41, 5.74) is 11.5. The van der Waals surface area contributed by atoms with Crippen LogP contribution in [0.25, 0.3) is 0 Å². The van der Waals surface area contributed by atoms with Crippen molar-refractivity contribution in [3.63, 3.8) is 0 Å². The summed E-state index contributed by atoms with van der Waals surface area (Å²) in [5.74, 6) is 0.811. The third kappa shape index (κ3) is 3.11. The molecule has 0 saturated carbocycles. The van der Waals surface area contributed by atoms with Crippen molar-refractivity contribution in [3.8, 4) is 0 Å². The molecule has 0 aliphatic carbocycles. The third-order valence-corrected chi connectivity index (χ3v) is 3.02. The molecule has 1 aliphatic rings. The van der Waals surface area contributed by atoms with E-state index in [0.29, 0.717) is 18.8 Å². The predicted molar refractivity (Wildman–Crippen MR) is 73.4 cm³/mol. The van der Waals surface area contributed by atoms with Crippen molar-refractivity contribution in [2.45, 2.75) is 38.4 Å². The number of anilines is 2. The summed E-state index contributed by atoms with van der Waals surface area (Å²) in [5, 5.41) is 2.91. The monoisotopic (exact) mass is 264 g/mol. The van der Waals surface area contributed by atoms with Gasteiger partial charge in [0.1, 0.15) is 11.9 Å². The SMILES string of the molecule is CC(C)NC(=O)[C@@H]1C[C@@H](N)CN1c1ccnc(N)n1. The van der Waals surface area contributed by atoms with Crippen LogP contribution in [0.3, 0.4) is 0 Å². The Labute approximate surface area is 112 Å². The van der Waals surface area contributed by atoms with Crippen LogP contribution in [0.2, 0.25) is 0 Å². The molecule has 1 fully saturated rings. The van der Waals surface area contributed by atoms with Gasteiger partial charge in [0.2, 0.25) is 11.9 Å². The highest BCUT2D eigenvalue weighted by Crippen LogP contribution is 2.23. The van der Waals surface area contributed by atoms with Gasteiger partial charge in [-0.05, 0) is 26.3 Å². The lowest BCUT2D eigenvalue weighted by molar-refractivity contribution is -0.122. The molecule has 7 nitrogen and oxygen atoms in total. The molecule has 104 valence electrons. The lowest BCUT2D eigenvalue weighted by Crippen LogP contribution is -2.45. The fraction of sp³-hybridized carbons (Fsp3) is 0.583. The number of nitrogens with two attached hydrogens (primary N) is 2. The van der Waals surface area contributed by atoms with Gasteiger partial charge in [0.05, 0.1) is 0 Å². The molecule has 5 N–H and O–H groups in total. The molecule has 1 aromatic heterocycles. The molecule has 2 rings (SSSR count). The van der Waals surface area contributed by atoms with Gasteiger partial charge in [-0.25, -0.2) is 4.98 Å². The number of nitrogen functional groups attached to an aromatic ring is 1. The Morgan fingerprint density at radius 1 is 1.58 bits per heavy atom. The van der Waals surface area contributed by atoms with Crippen LogP contribution in [0.15, 0.2) is 12.3 Å². The topological polar surface area (TPSA) is 110 Å². The molecule has 1 saturated heterocycles. The van der Waals surface area contributed by atoms with E-state index < -0.39 is 0 Å². The number of hydrogen-bond acceptors (Lipinski definition) is 6. The Kier molecular flexibility index (Phi) is 3.84. The van der Waals surface area contributed by atoms with Crippen LogP contribution in [0.5, 0.6) is 0 Å². The highest BCUT2D eigenvalue weighted by atomic mass is 16.2. The van der Waals surface area contributed by atoms with Crippen LogP contribution in [-0.4, -0.2) is 40.5 Å². The fourth-order valence-electron chi connectivity index (χ4n) is 2.27. The van der Waals surface area contributed by atoms with Gasteiger partial charge in [-0.2, -0.15) is 4.98 Å². The van der Waals surface area contributed by atoms with Gasteiger partial charge < -0.3 is 21.7 Å². The number of carbonyl (C=O) groups is 1. The average Bonchev–Trinajstić information content (AvgIpc) is 2.70. The first kappa shape index (κ1) is 13.5. The van der Waals surface area contributed by atoms with E-state index in [0.717, 1.165) is 0 Å². The van der Waals surface area contributed by atoms with E-state index in [9.17, 15) is 4.79 Å². The lowest BCUT2D eigenvalue weighted by Gasteiger charge is -2.25. The number of carbonyl (C=O) groups excluding carboxylic acids is 1. The highest BCUT2D eigenvalue weighted by Gasteiger charge is 2.36. The smallest absolute Gasteiger partial charge is 0.243 e. The molecule has 0 unspecified atom stereocenters. The molecule has 0 aromatic carbocycles. The molecular weight excluding hydrogens is 244 g/mol. The normalized spacial score (nSPS) is 22.8. The van der Waals surface area contributed by atoms with Crippen molar-refractivity contribution in [2.24, 2.45) is 5.73 Å². The van der Waals surface area contributed by atoms with Gasteiger partial charge in [-0.1, -0.05) is 0 Å². The quantitative estimate of drug-likeness (QED) is 0.678. The molecule has 1 aliphatic heterocycles. The van der Waals surface area contributed by atoms with Crippen molar-refractivity contribution in [3.05, 3.63) is 12.3 Å². The molecule has 0 radical (unpaired) electrons. The molecular formula is C12H20N6O. The Balaban J connectivity index is 2.20. The summed E-state index contributed by atoms with van der Waals surface area (Å²) in [6.07, 6.45) is 2.20. The van der Waals surface area contributed by atoms with Crippen molar-refractivity contribution < 1.29 is 4.79 Å². The largest absolute Gasteiger partial charge is 0.368 e. The molecule has 19 heavy (non-hydrogen) atoms. The lowest BCUT2D eigenvalue weighted by atomic mass is 10.1. The number of hydrogen-bond donors (Lipinski definition) is 3. The molecule has 7 heteroatoms. The van der Waals surface area contributed by atoms with E-state index in [1.54, 1.807) is 12.3 Å². The molecule has 1 amide bonds.